The van der Waals surface area contributed by atoms with Gasteiger partial charge in [-0.2, -0.15) is 0 Å². The number of nitrogens with zero attached hydrogens (tertiary/aromatic N) is 2. The number of thioether (sulfide) groups is 1. The molecule has 3 aromatic rings. The van der Waals surface area contributed by atoms with Crippen molar-refractivity contribution in [1.29, 1.82) is 0 Å². The van der Waals surface area contributed by atoms with E-state index >= 15 is 0 Å². The largest absolute Gasteiger partial charge is 0.300 e. The maximum atomic E-state index is 11.1. The van der Waals surface area contributed by atoms with E-state index in [1.165, 1.54) is 0 Å². The number of benzene rings is 2. The van der Waals surface area contributed by atoms with Gasteiger partial charge in [0.05, 0.1) is 11.0 Å². The average Bonchev–Trinajstić information content (AvgIpc) is 2.90. The van der Waals surface area contributed by atoms with Crippen LogP contribution in [0.3, 0.4) is 0 Å². The Hall–Kier alpha value is -2.07. The average molecular weight is 310 g/mol. The molecule has 0 aliphatic heterocycles. The molecule has 1 heterocycles. The van der Waals surface area contributed by atoms with Gasteiger partial charge in [0.1, 0.15) is 5.78 Å². The van der Waals surface area contributed by atoms with Gasteiger partial charge in [-0.25, -0.2) is 4.98 Å². The topological polar surface area (TPSA) is 34.9 Å². The second-order valence-electron chi connectivity index (χ2n) is 5.21. The molecule has 0 unspecified atom stereocenters. The highest BCUT2D eigenvalue weighted by molar-refractivity contribution is 7.99. The Balaban J connectivity index is 1.93. The van der Waals surface area contributed by atoms with Crippen LogP contribution < -0.4 is 0 Å². The van der Waals surface area contributed by atoms with E-state index in [2.05, 4.69) is 22.8 Å². The Kier molecular flexibility index (Phi) is 4.59. The fraction of sp³-hybridized carbons (Fsp3) is 0.222. The third-order valence-corrected chi connectivity index (χ3v) is 4.47. The Labute approximate surface area is 134 Å². The maximum Gasteiger partial charge on any atom is 0.173 e. The van der Waals surface area contributed by atoms with Crippen molar-refractivity contribution in [3.8, 4) is 5.69 Å². The van der Waals surface area contributed by atoms with Crippen molar-refractivity contribution in [3.63, 3.8) is 0 Å². The maximum absolute atomic E-state index is 11.1. The zero-order valence-corrected chi connectivity index (χ0v) is 13.3. The van der Waals surface area contributed by atoms with Crippen LogP contribution in [0.25, 0.3) is 16.7 Å². The van der Waals surface area contributed by atoms with Crippen molar-refractivity contribution in [2.24, 2.45) is 0 Å². The highest BCUT2D eigenvalue weighted by Crippen LogP contribution is 2.28. The summed E-state index contributed by atoms with van der Waals surface area (Å²) in [6, 6.07) is 18.4. The lowest BCUT2D eigenvalue weighted by atomic mass is 10.3. The number of carbonyl (C=O) groups is 1. The van der Waals surface area contributed by atoms with Crippen molar-refractivity contribution in [3.05, 3.63) is 54.6 Å². The lowest BCUT2D eigenvalue weighted by Gasteiger charge is -2.08. The quantitative estimate of drug-likeness (QED) is 0.497. The van der Waals surface area contributed by atoms with Gasteiger partial charge < -0.3 is 4.79 Å². The predicted molar refractivity (Wildman–Crippen MR) is 91.7 cm³/mol. The van der Waals surface area contributed by atoms with Gasteiger partial charge in [-0.15, -0.1) is 0 Å². The number of aromatic nitrogens is 2. The number of rotatable bonds is 6. The number of carbonyl (C=O) groups excluding carboxylic acids is 1. The number of hydrogen-bond donors (Lipinski definition) is 0. The van der Waals surface area contributed by atoms with Gasteiger partial charge in [0.15, 0.2) is 5.16 Å². The zero-order chi connectivity index (χ0) is 15.4. The third-order valence-electron chi connectivity index (χ3n) is 3.45. The van der Waals surface area contributed by atoms with Crippen molar-refractivity contribution in [2.45, 2.75) is 24.9 Å². The lowest BCUT2D eigenvalue weighted by molar-refractivity contribution is -0.117. The molecule has 0 saturated carbocycles. The first-order valence-electron chi connectivity index (χ1n) is 7.41. The number of ketones is 1. The minimum absolute atomic E-state index is 0.247. The Morgan fingerprint density at radius 2 is 1.82 bits per heavy atom. The van der Waals surface area contributed by atoms with E-state index in [9.17, 15) is 4.79 Å². The van der Waals surface area contributed by atoms with Crippen LogP contribution in [-0.4, -0.2) is 21.1 Å². The Morgan fingerprint density at radius 1 is 1.09 bits per heavy atom. The molecule has 22 heavy (non-hydrogen) atoms. The molecule has 0 aliphatic rings. The molecule has 0 N–H and O–H groups in total. The number of Topliss-reactive ketones (excluding diaryl/α,β-unsaturated/α-hetero) is 1. The van der Waals surface area contributed by atoms with E-state index < -0.39 is 0 Å². The second kappa shape index (κ2) is 6.79. The van der Waals surface area contributed by atoms with Crippen LogP contribution in [0.4, 0.5) is 0 Å². The smallest absolute Gasteiger partial charge is 0.173 e. The molecule has 3 rings (SSSR count). The summed E-state index contributed by atoms with van der Waals surface area (Å²) >= 11 is 1.71. The van der Waals surface area contributed by atoms with Crippen LogP contribution in [0.5, 0.6) is 0 Å². The van der Waals surface area contributed by atoms with Crippen LogP contribution in [0.2, 0.25) is 0 Å². The molecular weight excluding hydrogens is 292 g/mol. The number of para-hydroxylation sites is 3. The molecule has 0 amide bonds. The van der Waals surface area contributed by atoms with Crippen molar-refractivity contribution in [1.82, 2.24) is 9.55 Å². The molecule has 0 radical (unpaired) electrons. The number of fused-ring (bicyclic) bond motifs is 1. The summed E-state index contributed by atoms with van der Waals surface area (Å²) in [7, 11) is 0. The summed E-state index contributed by atoms with van der Waals surface area (Å²) in [6.45, 7) is 1.64. The fourth-order valence-corrected chi connectivity index (χ4v) is 3.38. The molecule has 1 aromatic heterocycles. The molecule has 0 bridgehead atoms. The zero-order valence-electron chi connectivity index (χ0n) is 12.5. The molecule has 0 saturated heterocycles. The predicted octanol–water partition coefficient (Wildman–Crippen LogP) is 4.49. The summed E-state index contributed by atoms with van der Waals surface area (Å²) in [4.78, 5) is 15.8. The summed E-state index contributed by atoms with van der Waals surface area (Å²) in [6.07, 6.45) is 1.52. The first kappa shape index (κ1) is 14.9. The van der Waals surface area contributed by atoms with Crippen LogP contribution in [0.1, 0.15) is 19.8 Å². The fourth-order valence-electron chi connectivity index (χ4n) is 2.41. The van der Waals surface area contributed by atoms with Crippen molar-refractivity contribution < 1.29 is 4.79 Å². The van der Waals surface area contributed by atoms with Gasteiger partial charge in [0.25, 0.3) is 0 Å². The molecule has 4 heteroatoms. The van der Waals surface area contributed by atoms with Gasteiger partial charge in [-0.05, 0) is 37.6 Å². The van der Waals surface area contributed by atoms with Crippen LogP contribution >= 0.6 is 11.8 Å². The Morgan fingerprint density at radius 3 is 2.59 bits per heavy atom. The normalized spacial score (nSPS) is 11.0. The van der Waals surface area contributed by atoms with E-state index in [0.717, 1.165) is 34.1 Å². The van der Waals surface area contributed by atoms with Gasteiger partial charge in [0.2, 0.25) is 0 Å². The molecule has 0 atom stereocenters. The molecule has 112 valence electrons. The monoisotopic (exact) mass is 310 g/mol. The highest BCUT2D eigenvalue weighted by atomic mass is 32.2. The van der Waals surface area contributed by atoms with E-state index in [4.69, 9.17) is 4.98 Å². The standard InChI is InChI=1S/C18H18N2OS/c1-14(21)8-7-13-22-18-19-16-11-5-6-12-17(16)20(18)15-9-3-2-4-10-15/h2-6,9-12H,7-8,13H2,1H3. The lowest BCUT2D eigenvalue weighted by Crippen LogP contribution is -1.97. The van der Waals surface area contributed by atoms with Gasteiger partial charge in [-0.3, -0.25) is 4.57 Å². The molecule has 0 fully saturated rings. The molecule has 0 aliphatic carbocycles. The van der Waals surface area contributed by atoms with Gasteiger partial charge in [0, 0.05) is 17.9 Å². The summed E-state index contributed by atoms with van der Waals surface area (Å²) in [5.74, 6) is 1.15. The van der Waals surface area contributed by atoms with Crippen molar-refractivity contribution in [2.75, 3.05) is 5.75 Å². The number of hydrogen-bond acceptors (Lipinski definition) is 3. The second-order valence-corrected chi connectivity index (χ2v) is 6.27. The van der Waals surface area contributed by atoms with Crippen molar-refractivity contribution >= 4 is 28.6 Å². The van der Waals surface area contributed by atoms with Gasteiger partial charge in [-0.1, -0.05) is 42.1 Å². The minimum Gasteiger partial charge on any atom is -0.300 e. The summed E-state index contributed by atoms with van der Waals surface area (Å²) in [5, 5.41) is 0.982. The highest BCUT2D eigenvalue weighted by Gasteiger charge is 2.12. The molecule has 2 aromatic carbocycles. The Bertz CT molecular complexity index is 780. The van der Waals surface area contributed by atoms with E-state index in [0.29, 0.717) is 6.42 Å². The summed E-state index contributed by atoms with van der Waals surface area (Å²) < 4.78 is 2.19. The van der Waals surface area contributed by atoms with Crippen LogP contribution in [-0.2, 0) is 4.79 Å². The SMILES string of the molecule is CC(=O)CCCSc1nc2ccccc2n1-c1ccccc1. The first-order chi connectivity index (χ1) is 10.8. The molecule has 3 nitrogen and oxygen atoms in total. The molecule has 0 spiro atoms. The molecular formula is C18H18N2OS. The van der Waals surface area contributed by atoms with E-state index in [-0.39, 0.29) is 5.78 Å². The number of imidazole rings is 1. The third kappa shape index (κ3) is 3.22. The van der Waals surface area contributed by atoms with E-state index in [1.54, 1.807) is 18.7 Å². The minimum atomic E-state index is 0.247. The van der Waals surface area contributed by atoms with Gasteiger partial charge >= 0.3 is 0 Å². The first-order valence-corrected chi connectivity index (χ1v) is 8.39. The summed E-state index contributed by atoms with van der Waals surface area (Å²) in [5.41, 5.74) is 3.23. The van der Waals surface area contributed by atoms with E-state index in [1.807, 2.05) is 36.4 Å². The van der Waals surface area contributed by atoms with Crippen LogP contribution in [0, 0.1) is 0 Å². The van der Waals surface area contributed by atoms with Crippen LogP contribution in [0.15, 0.2) is 59.8 Å².